The van der Waals surface area contributed by atoms with Crippen LogP contribution in [-0.4, -0.2) is 35.2 Å². The minimum absolute atomic E-state index is 0.201. The second kappa shape index (κ2) is 5.94. The second-order valence-corrected chi connectivity index (χ2v) is 5.60. The second-order valence-electron chi connectivity index (χ2n) is 5.16. The van der Waals surface area contributed by atoms with E-state index in [0.29, 0.717) is 12.1 Å². The van der Waals surface area contributed by atoms with Crippen molar-refractivity contribution in [3.05, 3.63) is 35.1 Å². The van der Waals surface area contributed by atoms with E-state index in [0.717, 1.165) is 18.7 Å². The third-order valence-electron chi connectivity index (χ3n) is 3.14. The third-order valence-corrected chi connectivity index (χ3v) is 3.38. The maximum atomic E-state index is 13.5. The molecule has 1 aliphatic heterocycles. The molecule has 1 heterocycles. The topological polar surface area (TPSA) is 38.5 Å². The van der Waals surface area contributed by atoms with Crippen molar-refractivity contribution in [1.29, 1.82) is 0 Å². The Morgan fingerprint density at radius 2 is 2.00 bits per heavy atom. The molecule has 0 amide bonds. The summed E-state index contributed by atoms with van der Waals surface area (Å²) in [5.41, 5.74) is 7.04. The van der Waals surface area contributed by atoms with Gasteiger partial charge < -0.3 is 10.5 Å². The van der Waals surface area contributed by atoms with Crippen LogP contribution in [0.5, 0.6) is 0 Å². The average Bonchev–Trinajstić information content (AvgIpc) is 2.26. The summed E-state index contributed by atoms with van der Waals surface area (Å²) in [5.74, 6) is -0.297. The van der Waals surface area contributed by atoms with Gasteiger partial charge >= 0.3 is 0 Å². The van der Waals surface area contributed by atoms with Crippen LogP contribution in [0.4, 0.5) is 4.39 Å². The molecule has 2 unspecified atom stereocenters. The molecule has 1 aliphatic rings. The van der Waals surface area contributed by atoms with Gasteiger partial charge in [0.15, 0.2) is 0 Å². The fraction of sp³-hybridized carbons (Fsp3) is 0.500. The first-order chi connectivity index (χ1) is 8.94. The monoisotopic (exact) mass is 282 g/mol. The normalized spacial score (nSPS) is 24.4. The van der Waals surface area contributed by atoms with Gasteiger partial charge in [-0.25, -0.2) is 4.39 Å². The molecule has 0 aliphatic carbocycles. The SMILES string of the molecule is CC1CN(Cc2cc(F)cc(C(N)=S)c2)CC(C)O1. The van der Waals surface area contributed by atoms with Gasteiger partial charge in [-0.15, -0.1) is 0 Å². The Balaban J connectivity index is 2.12. The fourth-order valence-electron chi connectivity index (χ4n) is 2.56. The van der Waals surface area contributed by atoms with Gasteiger partial charge in [0.2, 0.25) is 0 Å². The van der Waals surface area contributed by atoms with Crippen molar-refractivity contribution in [3.8, 4) is 0 Å². The van der Waals surface area contributed by atoms with E-state index in [1.807, 2.05) is 6.07 Å². The van der Waals surface area contributed by atoms with Crippen molar-refractivity contribution < 1.29 is 9.13 Å². The van der Waals surface area contributed by atoms with Crippen LogP contribution in [0.15, 0.2) is 18.2 Å². The number of halogens is 1. The average molecular weight is 282 g/mol. The largest absolute Gasteiger partial charge is 0.389 e. The van der Waals surface area contributed by atoms with Crippen molar-refractivity contribution in [2.45, 2.75) is 32.6 Å². The molecular weight excluding hydrogens is 263 g/mol. The molecule has 0 spiro atoms. The van der Waals surface area contributed by atoms with Crippen molar-refractivity contribution in [1.82, 2.24) is 4.90 Å². The standard InChI is InChI=1S/C14H19FN2OS/c1-9-6-17(7-10(2)18-9)8-11-3-12(14(16)19)5-13(15)4-11/h3-5,9-10H,6-8H2,1-2H3,(H2,16,19). The van der Waals surface area contributed by atoms with Crippen LogP contribution in [0.25, 0.3) is 0 Å². The molecule has 3 nitrogen and oxygen atoms in total. The molecule has 0 bridgehead atoms. The number of rotatable bonds is 3. The van der Waals surface area contributed by atoms with Crippen LogP contribution >= 0.6 is 12.2 Å². The van der Waals surface area contributed by atoms with Crippen LogP contribution in [0.3, 0.4) is 0 Å². The molecule has 2 atom stereocenters. The zero-order valence-electron chi connectivity index (χ0n) is 11.2. The van der Waals surface area contributed by atoms with Crippen LogP contribution in [0, 0.1) is 5.82 Å². The first-order valence-electron chi connectivity index (χ1n) is 6.41. The smallest absolute Gasteiger partial charge is 0.124 e. The predicted octanol–water partition coefficient (Wildman–Crippen LogP) is 2.07. The number of morpholine rings is 1. The van der Waals surface area contributed by atoms with E-state index in [1.54, 1.807) is 0 Å². The lowest BCUT2D eigenvalue weighted by molar-refractivity contribution is -0.0705. The van der Waals surface area contributed by atoms with Gasteiger partial charge in [0.05, 0.1) is 12.2 Å². The first kappa shape index (κ1) is 14.4. The zero-order chi connectivity index (χ0) is 14.0. The molecule has 104 valence electrons. The summed E-state index contributed by atoms with van der Waals surface area (Å²) in [4.78, 5) is 2.49. The molecule has 1 saturated heterocycles. The Morgan fingerprint density at radius 1 is 1.37 bits per heavy atom. The van der Waals surface area contributed by atoms with Gasteiger partial charge in [0.25, 0.3) is 0 Å². The zero-order valence-corrected chi connectivity index (χ0v) is 12.0. The number of ether oxygens (including phenoxy) is 1. The summed E-state index contributed by atoms with van der Waals surface area (Å²) in [6.07, 6.45) is 0.403. The maximum absolute atomic E-state index is 13.5. The molecule has 0 saturated carbocycles. The van der Waals surface area contributed by atoms with E-state index in [4.69, 9.17) is 22.7 Å². The quantitative estimate of drug-likeness (QED) is 0.861. The molecule has 2 N–H and O–H groups in total. The van der Waals surface area contributed by atoms with E-state index in [2.05, 4.69) is 18.7 Å². The van der Waals surface area contributed by atoms with Crippen molar-refractivity contribution in [3.63, 3.8) is 0 Å². The summed E-state index contributed by atoms with van der Waals surface area (Å²) in [7, 11) is 0. The Hall–Kier alpha value is -1.04. The lowest BCUT2D eigenvalue weighted by Crippen LogP contribution is -2.44. The van der Waals surface area contributed by atoms with Gasteiger partial charge in [-0.1, -0.05) is 12.2 Å². The minimum atomic E-state index is -0.297. The van der Waals surface area contributed by atoms with E-state index < -0.39 is 0 Å². The van der Waals surface area contributed by atoms with E-state index in [9.17, 15) is 4.39 Å². The highest BCUT2D eigenvalue weighted by Gasteiger charge is 2.22. The summed E-state index contributed by atoms with van der Waals surface area (Å²) in [6, 6.07) is 4.76. The summed E-state index contributed by atoms with van der Waals surface area (Å²) < 4.78 is 19.2. The van der Waals surface area contributed by atoms with Crippen molar-refractivity contribution in [2.24, 2.45) is 5.73 Å². The summed E-state index contributed by atoms with van der Waals surface area (Å²) in [5, 5.41) is 0. The third kappa shape index (κ3) is 3.96. The lowest BCUT2D eigenvalue weighted by Gasteiger charge is -2.35. The van der Waals surface area contributed by atoms with Crippen LogP contribution in [0.2, 0.25) is 0 Å². The van der Waals surface area contributed by atoms with E-state index in [1.165, 1.54) is 12.1 Å². The lowest BCUT2D eigenvalue weighted by atomic mass is 10.1. The molecular formula is C14H19FN2OS. The molecule has 0 radical (unpaired) electrons. The van der Waals surface area contributed by atoms with Crippen LogP contribution in [-0.2, 0) is 11.3 Å². The number of nitrogens with zero attached hydrogens (tertiary/aromatic N) is 1. The van der Waals surface area contributed by atoms with Crippen molar-refractivity contribution >= 4 is 17.2 Å². The molecule has 19 heavy (non-hydrogen) atoms. The van der Waals surface area contributed by atoms with Crippen molar-refractivity contribution in [2.75, 3.05) is 13.1 Å². The van der Waals surface area contributed by atoms with E-state index in [-0.39, 0.29) is 23.0 Å². The Labute approximate surface area is 118 Å². The Morgan fingerprint density at radius 3 is 2.58 bits per heavy atom. The highest BCUT2D eigenvalue weighted by Crippen LogP contribution is 2.16. The van der Waals surface area contributed by atoms with Gasteiger partial charge in [-0.3, -0.25) is 4.90 Å². The maximum Gasteiger partial charge on any atom is 0.124 e. The molecule has 1 aromatic carbocycles. The van der Waals surface area contributed by atoms with E-state index >= 15 is 0 Å². The molecule has 1 fully saturated rings. The number of hydrogen-bond donors (Lipinski definition) is 1. The first-order valence-corrected chi connectivity index (χ1v) is 6.82. The fourth-order valence-corrected chi connectivity index (χ4v) is 2.67. The predicted molar refractivity (Wildman–Crippen MR) is 77.6 cm³/mol. The number of thiocarbonyl (C=S) groups is 1. The minimum Gasteiger partial charge on any atom is -0.389 e. The summed E-state index contributed by atoms with van der Waals surface area (Å²) >= 11 is 4.90. The Kier molecular flexibility index (Phi) is 4.50. The van der Waals surface area contributed by atoms with Crippen LogP contribution in [0.1, 0.15) is 25.0 Å². The summed E-state index contributed by atoms with van der Waals surface area (Å²) in [6.45, 7) is 6.49. The van der Waals surface area contributed by atoms with Gasteiger partial charge in [-0.2, -0.15) is 0 Å². The van der Waals surface area contributed by atoms with Gasteiger partial charge in [0, 0.05) is 25.2 Å². The number of hydrogen-bond acceptors (Lipinski definition) is 3. The molecule has 5 heteroatoms. The Bertz CT molecular complexity index is 471. The molecule has 1 aromatic rings. The molecule has 2 rings (SSSR count). The van der Waals surface area contributed by atoms with Gasteiger partial charge in [-0.05, 0) is 37.6 Å². The number of nitrogens with two attached hydrogens (primary N) is 1. The molecule has 0 aromatic heterocycles. The van der Waals surface area contributed by atoms with Gasteiger partial charge in [0.1, 0.15) is 10.8 Å². The highest BCUT2D eigenvalue weighted by molar-refractivity contribution is 7.80. The van der Waals surface area contributed by atoms with Crippen LogP contribution < -0.4 is 5.73 Å². The number of benzene rings is 1. The highest BCUT2D eigenvalue weighted by atomic mass is 32.1.